The maximum atomic E-state index is 13.8. The summed E-state index contributed by atoms with van der Waals surface area (Å²) in [6.07, 6.45) is 0. The zero-order valence-electron chi connectivity index (χ0n) is 21.4. The van der Waals surface area contributed by atoms with Gasteiger partial charge in [-0.3, -0.25) is 9.59 Å². The number of aromatic amines is 1. The number of ketones is 1. The van der Waals surface area contributed by atoms with Gasteiger partial charge in [0, 0.05) is 29.2 Å². The van der Waals surface area contributed by atoms with Crippen molar-refractivity contribution < 1.29 is 38.4 Å². The van der Waals surface area contributed by atoms with Crippen LogP contribution in [0.25, 0.3) is 10.9 Å². The number of H-pyrrole nitrogens is 1. The van der Waals surface area contributed by atoms with E-state index in [-0.39, 0.29) is 41.1 Å². The number of carbonyl (C=O) groups is 3. The number of hydrogen-bond acceptors (Lipinski definition) is 9. The lowest BCUT2D eigenvalue weighted by atomic mass is 9.89. The Morgan fingerprint density at radius 1 is 1.13 bits per heavy atom. The van der Waals surface area contributed by atoms with Gasteiger partial charge in [0.2, 0.25) is 11.5 Å². The Hall–Kier alpha value is -3.93. The minimum atomic E-state index is -1.69. The summed E-state index contributed by atoms with van der Waals surface area (Å²) in [5.74, 6) is -0.981. The molecule has 0 spiro atoms. The minimum Gasteiger partial charge on any atom is -0.506 e. The molecule has 2 aliphatic rings. The number of fused-ring (bicyclic) bond motifs is 4. The maximum absolute atomic E-state index is 13.8. The summed E-state index contributed by atoms with van der Waals surface area (Å²) in [7, 11) is 5.69. The van der Waals surface area contributed by atoms with Crippen LogP contribution >= 0.6 is 15.9 Å². The number of nitrogens with zero attached hydrogens (tertiary/aromatic N) is 1. The summed E-state index contributed by atoms with van der Waals surface area (Å²) in [6.45, 7) is 1.66. The molecule has 0 fully saturated rings. The third kappa shape index (κ3) is 3.43. The SMILES string of the molecule is COC(=O)[C@@]1(C)Nc2c(O)cc3c(c2C1=O)[C@H](CBr)CN3C(=O)c1cc2cc(OC)c(OC)c(OC)c2[nH]1. The number of anilines is 2. The van der Waals surface area contributed by atoms with E-state index in [1.165, 1.54) is 46.3 Å². The number of hydrogen-bond donors (Lipinski definition) is 3. The number of aromatic hydroxyl groups is 1. The number of alkyl halides is 1. The van der Waals surface area contributed by atoms with Crippen LogP contribution in [0.2, 0.25) is 0 Å². The van der Waals surface area contributed by atoms with Crippen LogP contribution in [0.5, 0.6) is 23.0 Å². The van der Waals surface area contributed by atoms with Crippen molar-refractivity contribution in [3.8, 4) is 23.0 Å². The number of aromatic nitrogens is 1. The Kier molecular flexibility index (Phi) is 6.17. The molecule has 11 nitrogen and oxygen atoms in total. The van der Waals surface area contributed by atoms with Crippen LogP contribution in [0, 0.1) is 0 Å². The first-order chi connectivity index (χ1) is 18.1. The third-order valence-corrected chi connectivity index (χ3v) is 7.94. The first-order valence-corrected chi connectivity index (χ1v) is 12.8. The second-order valence-corrected chi connectivity index (χ2v) is 9.86. The second-order valence-electron chi connectivity index (χ2n) is 9.21. The average molecular weight is 588 g/mol. The predicted octanol–water partition coefficient (Wildman–Crippen LogP) is 3.58. The van der Waals surface area contributed by atoms with Gasteiger partial charge >= 0.3 is 5.97 Å². The summed E-state index contributed by atoms with van der Waals surface area (Å²) in [6, 6.07) is 4.85. The number of phenolic OH excluding ortho intramolecular Hbond substituents is 1. The Labute approximate surface area is 226 Å². The molecule has 0 aliphatic carbocycles. The number of phenols is 1. The zero-order valence-corrected chi connectivity index (χ0v) is 22.9. The topological polar surface area (TPSA) is 139 Å². The van der Waals surface area contributed by atoms with Crippen molar-refractivity contribution in [1.82, 2.24) is 4.98 Å². The highest BCUT2D eigenvalue weighted by molar-refractivity contribution is 9.09. The molecule has 3 aromatic rings. The van der Waals surface area contributed by atoms with Crippen LogP contribution in [0.15, 0.2) is 18.2 Å². The van der Waals surface area contributed by atoms with Gasteiger partial charge in [-0.15, -0.1) is 0 Å². The molecule has 0 radical (unpaired) electrons. The molecule has 200 valence electrons. The van der Waals surface area contributed by atoms with Crippen LogP contribution < -0.4 is 24.4 Å². The van der Waals surface area contributed by atoms with Gasteiger partial charge in [0.15, 0.2) is 17.0 Å². The van der Waals surface area contributed by atoms with Crippen LogP contribution in [-0.4, -0.2) is 73.6 Å². The van der Waals surface area contributed by atoms with Gasteiger partial charge in [-0.1, -0.05) is 15.9 Å². The quantitative estimate of drug-likeness (QED) is 0.171. The summed E-state index contributed by atoms with van der Waals surface area (Å²) in [4.78, 5) is 44.5. The van der Waals surface area contributed by atoms with Gasteiger partial charge in [-0.2, -0.15) is 0 Å². The number of esters is 1. The molecule has 0 bridgehead atoms. The molecular formula is C26H26BrN3O8. The number of carbonyl (C=O) groups excluding carboxylic acids is 3. The fraction of sp³-hybridized carbons (Fsp3) is 0.346. The maximum Gasteiger partial charge on any atom is 0.339 e. The number of benzene rings is 2. The fourth-order valence-electron chi connectivity index (χ4n) is 5.31. The molecule has 3 heterocycles. The van der Waals surface area contributed by atoms with Crippen LogP contribution in [0.1, 0.15) is 39.3 Å². The van der Waals surface area contributed by atoms with Gasteiger partial charge in [-0.05, 0) is 24.6 Å². The van der Waals surface area contributed by atoms with Gasteiger partial charge in [-0.25, -0.2) is 4.79 Å². The molecule has 1 aromatic heterocycles. The summed E-state index contributed by atoms with van der Waals surface area (Å²) < 4.78 is 21.3. The summed E-state index contributed by atoms with van der Waals surface area (Å²) in [5.41, 5.74) is 0.417. The molecule has 12 heteroatoms. The molecule has 2 aromatic carbocycles. The average Bonchev–Trinajstić information content (AvgIpc) is 3.59. The number of halogens is 1. The lowest BCUT2D eigenvalue weighted by Crippen LogP contribution is -2.47. The van der Waals surface area contributed by atoms with Crippen LogP contribution in [0.4, 0.5) is 11.4 Å². The van der Waals surface area contributed by atoms with E-state index in [4.69, 9.17) is 18.9 Å². The van der Waals surface area contributed by atoms with E-state index in [1.807, 2.05) is 0 Å². The highest BCUT2D eigenvalue weighted by Crippen LogP contribution is 2.51. The van der Waals surface area contributed by atoms with E-state index in [9.17, 15) is 19.5 Å². The molecule has 2 aliphatic heterocycles. The number of ether oxygens (including phenoxy) is 4. The monoisotopic (exact) mass is 587 g/mol. The highest BCUT2D eigenvalue weighted by atomic mass is 79.9. The molecule has 0 saturated heterocycles. The van der Waals surface area contributed by atoms with Gasteiger partial charge in [0.25, 0.3) is 5.91 Å². The Bertz CT molecular complexity index is 1520. The minimum absolute atomic E-state index is 0.149. The van der Waals surface area contributed by atoms with Crippen molar-refractivity contribution in [2.24, 2.45) is 0 Å². The van der Waals surface area contributed by atoms with Crippen molar-refractivity contribution in [3.05, 3.63) is 35.0 Å². The van der Waals surface area contributed by atoms with E-state index in [2.05, 4.69) is 26.2 Å². The molecule has 5 rings (SSSR count). The van der Waals surface area contributed by atoms with Crippen molar-refractivity contribution in [3.63, 3.8) is 0 Å². The van der Waals surface area contributed by atoms with E-state index < -0.39 is 17.3 Å². The standard InChI is InChI=1S/C26H26BrN3O8/c1-26(25(34)38-5)23(32)18-17-12(9-27)10-30(14(17)8-15(31)20(18)29-26)24(33)13-6-11-7-16(35-2)21(36-3)22(37-4)19(11)28-13/h6-8,12,28-29,31H,9-10H2,1-5H3/t12-,26+/m1/s1. The lowest BCUT2D eigenvalue weighted by Gasteiger charge is -2.20. The van der Waals surface area contributed by atoms with E-state index in [0.717, 1.165) is 0 Å². The van der Waals surface area contributed by atoms with E-state index in [0.29, 0.717) is 44.7 Å². The molecule has 1 amide bonds. The molecule has 2 atom stereocenters. The van der Waals surface area contributed by atoms with Crippen LogP contribution in [-0.2, 0) is 9.53 Å². The Morgan fingerprint density at radius 3 is 2.45 bits per heavy atom. The molecule has 38 heavy (non-hydrogen) atoms. The summed E-state index contributed by atoms with van der Waals surface area (Å²) in [5, 5.41) is 14.8. The predicted molar refractivity (Wildman–Crippen MR) is 143 cm³/mol. The fourth-order valence-corrected chi connectivity index (χ4v) is 5.84. The van der Waals surface area contributed by atoms with E-state index in [1.54, 1.807) is 12.1 Å². The number of nitrogens with one attached hydrogen (secondary N) is 2. The number of methoxy groups -OCH3 is 4. The lowest BCUT2D eigenvalue weighted by molar-refractivity contribution is -0.143. The first-order valence-electron chi connectivity index (χ1n) is 11.7. The molecular weight excluding hydrogens is 562 g/mol. The molecule has 0 saturated carbocycles. The number of Topliss-reactive ketones (excluding diaryl/α,β-unsaturated/α-hetero) is 1. The second kappa shape index (κ2) is 9.12. The van der Waals surface area contributed by atoms with Crippen molar-refractivity contribution in [1.29, 1.82) is 0 Å². The third-order valence-electron chi connectivity index (χ3n) is 7.16. The normalized spacial score (nSPS) is 19.7. The zero-order chi connectivity index (χ0) is 27.5. The van der Waals surface area contributed by atoms with Gasteiger partial charge < -0.3 is 39.3 Å². The largest absolute Gasteiger partial charge is 0.506 e. The van der Waals surface area contributed by atoms with Crippen molar-refractivity contribution >= 4 is 55.9 Å². The smallest absolute Gasteiger partial charge is 0.339 e. The van der Waals surface area contributed by atoms with E-state index >= 15 is 0 Å². The highest BCUT2D eigenvalue weighted by Gasteiger charge is 2.53. The molecule has 0 unspecified atom stereocenters. The van der Waals surface area contributed by atoms with Gasteiger partial charge in [0.1, 0.15) is 11.4 Å². The number of amides is 1. The summed E-state index contributed by atoms with van der Waals surface area (Å²) >= 11 is 3.50. The first kappa shape index (κ1) is 25.7. The number of rotatable bonds is 6. The van der Waals surface area contributed by atoms with Crippen molar-refractivity contribution in [2.75, 3.05) is 50.5 Å². The van der Waals surface area contributed by atoms with Crippen molar-refractivity contribution in [2.45, 2.75) is 18.4 Å². The molecule has 3 N–H and O–H groups in total. The Balaban J connectivity index is 1.62. The Morgan fingerprint density at radius 2 is 1.84 bits per heavy atom. The van der Waals surface area contributed by atoms with Crippen LogP contribution in [0.3, 0.4) is 0 Å². The van der Waals surface area contributed by atoms with Gasteiger partial charge in [0.05, 0.1) is 50.9 Å².